The molecule has 2 rings (SSSR count). The highest BCUT2D eigenvalue weighted by molar-refractivity contribution is 7.87. The number of benzene rings is 1. The van der Waals surface area contributed by atoms with Gasteiger partial charge < -0.3 is 0 Å². The van der Waals surface area contributed by atoms with E-state index < -0.39 is 10.2 Å². The second kappa shape index (κ2) is 8.06. The Morgan fingerprint density at radius 3 is 2.41 bits per heavy atom. The average molecular weight is 325 g/mol. The van der Waals surface area contributed by atoms with Crippen molar-refractivity contribution in [3.05, 3.63) is 35.9 Å². The molecular formula is C16H27N3O2S. The first-order chi connectivity index (χ1) is 10.5. The van der Waals surface area contributed by atoms with Crippen molar-refractivity contribution in [2.24, 2.45) is 5.92 Å². The van der Waals surface area contributed by atoms with Crippen molar-refractivity contribution in [3.8, 4) is 0 Å². The van der Waals surface area contributed by atoms with E-state index in [-0.39, 0.29) is 6.04 Å². The van der Waals surface area contributed by atoms with Crippen LogP contribution in [0.25, 0.3) is 0 Å². The van der Waals surface area contributed by atoms with Gasteiger partial charge in [-0.05, 0) is 37.4 Å². The van der Waals surface area contributed by atoms with Gasteiger partial charge in [0, 0.05) is 19.1 Å². The van der Waals surface area contributed by atoms with Crippen molar-refractivity contribution >= 4 is 10.2 Å². The zero-order valence-corrected chi connectivity index (χ0v) is 14.3. The van der Waals surface area contributed by atoms with Crippen LogP contribution in [0, 0.1) is 5.92 Å². The van der Waals surface area contributed by atoms with Gasteiger partial charge in [-0.25, -0.2) is 9.44 Å². The summed E-state index contributed by atoms with van der Waals surface area (Å²) in [4.78, 5) is 2.39. The van der Waals surface area contributed by atoms with Gasteiger partial charge in [0.1, 0.15) is 0 Å². The van der Waals surface area contributed by atoms with Gasteiger partial charge in [-0.3, -0.25) is 4.90 Å². The fraction of sp³-hybridized carbons (Fsp3) is 0.625. The number of hydrogen-bond acceptors (Lipinski definition) is 3. The van der Waals surface area contributed by atoms with Gasteiger partial charge in [0.2, 0.25) is 0 Å². The van der Waals surface area contributed by atoms with Crippen LogP contribution in [0.1, 0.15) is 38.3 Å². The number of likely N-dealkylation sites (tertiary alicyclic amines) is 1. The standard InChI is InChI=1S/C16H27N3O2S/c1-3-17-22(20,21)18-13-16(15-7-5-4-6-8-15)19-11-9-14(2)10-12-19/h4-8,14,16-18H,3,9-13H2,1-2H3. The highest BCUT2D eigenvalue weighted by atomic mass is 32.2. The summed E-state index contributed by atoms with van der Waals surface area (Å²) in [6, 6.07) is 10.2. The third-order valence-electron chi connectivity index (χ3n) is 4.24. The monoisotopic (exact) mass is 325 g/mol. The molecule has 0 aliphatic carbocycles. The maximum atomic E-state index is 11.9. The first-order valence-corrected chi connectivity index (χ1v) is 9.53. The quantitative estimate of drug-likeness (QED) is 0.805. The Morgan fingerprint density at radius 2 is 1.82 bits per heavy atom. The lowest BCUT2D eigenvalue weighted by Crippen LogP contribution is -2.44. The molecule has 2 N–H and O–H groups in total. The van der Waals surface area contributed by atoms with E-state index in [9.17, 15) is 8.42 Å². The molecule has 1 heterocycles. The molecule has 0 saturated carbocycles. The van der Waals surface area contributed by atoms with Crippen LogP contribution in [0.15, 0.2) is 30.3 Å². The Balaban J connectivity index is 2.09. The van der Waals surface area contributed by atoms with Crippen molar-refractivity contribution in [2.45, 2.75) is 32.7 Å². The van der Waals surface area contributed by atoms with Crippen molar-refractivity contribution in [2.75, 3.05) is 26.2 Å². The zero-order chi connectivity index (χ0) is 16.0. The molecule has 22 heavy (non-hydrogen) atoms. The van der Waals surface area contributed by atoms with E-state index in [1.807, 2.05) is 18.2 Å². The second-order valence-corrected chi connectivity index (χ2v) is 7.58. The molecule has 6 heteroatoms. The molecule has 0 spiro atoms. The third-order valence-corrected chi connectivity index (χ3v) is 5.46. The molecule has 5 nitrogen and oxygen atoms in total. The molecular weight excluding hydrogens is 298 g/mol. The number of hydrogen-bond donors (Lipinski definition) is 2. The van der Waals surface area contributed by atoms with Gasteiger partial charge in [-0.1, -0.05) is 44.2 Å². The van der Waals surface area contributed by atoms with Crippen LogP contribution in [-0.2, 0) is 10.2 Å². The molecule has 1 aromatic carbocycles. The van der Waals surface area contributed by atoms with Crippen molar-refractivity contribution in [1.29, 1.82) is 0 Å². The van der Waals surface area contributed by atoms with Crippen LogP contribution in [0.4, 0.5) is 0 Å². The Morgan fingerprint density at radius 1 is 1.18 bits per heavy atom. The van der Waals surface area contributed by atoms with Gasteiger partial charge in [0.25, 0.3) is 10.2 Å². The summed E-state index contributed by atoms with van der Waals surface area (Å²) in [5.41, 5.74) is 1.16. The van der Waals surface area contributed by atoms with Crippen LogP contribution in [0.3, 0.4) is 0 Å². The lowest BCUT2D eigenvalue weighted by atomic mass is 9.96. The maximum absolute atomic E-state index is 11.9. The maximum Gasteiger partial charge on any atom is 0.276 e. The predicted octanol–water partition coefficient (Wildman–Crippen LogP) is 1.90. The van der Waals surface area contributed by atoms with Gasteiger partial charge in [-0.2, -0.15) is 8.42 Å². The lowest BCUT2D eigenvalue weighted by Gasteiger charge is -2.37. The fourth-order valence-corrected chi connectivity index (χ4v) is 3.76. The van der Waals surface area contributed by atoms with Gasteiger partial charge >= 0.3 is 0 Å². The Hall–Kier alpha value is -0.950. The van der Waals surface area contributed by atoms with Gasteiger partial charge in [0.05, 0.1) is 0 Å². The molecule has 0 bridgehead atoms. The minimum atomic E-state index is -3.41. The van der Waals surface area contributed by atoms with E-state index in [1.165, 1.54) is 12.8 Å². The Labute approximate surface area is 134 Å². The van der Waals surface area contributed by atoms with E-state index in [0.29, 0.717) is 13.1 Å². The molecule has 0 radical (unpaired) electrons. The largest absolute Gasteiger partial charge is 0.295 e. The van der Waals surface area contributed by atoms with Crippen LogP contribution in [-0.4, -0.2) is 39.5 Å². The molecule has 1 fully saturated rings. The SMILES string of the molecule is CCNS(=O)(=O)NCC(c1ccccc1)N1CCC(C)CC1. The molecule has 0 aromatic heterocycles. The lowest BCUT2D eigenvalue weighted by molar-refractivity contribution is 0.139. The first kappa shape index (κ1) is 17.4. The number of piperidine rings is 1. The topological polar surface area (TPSA) is 61.4 Å². The minimum Gasteiger partial charge on any atom is -0.295 e. The molecule has 1 unspecified atom stereocenters. The number of nitrogens with one attached hydrogen (secondary N) is 2. The van der Waals surface area contributed by atoms with E-state index in [0.717, 1.165) is 24.6 Å². The summed E-state index contributed by atoms with van der Waals surface area (Å²) in [7, 11) is -3.41. The molecule has 1 saturated heterocycles. The normalized spacial score (nSPS) is 19.2. The summed E-state index contributed by atoms with van der Waals surface area (Å²) in [6.07, 6.45) is 2.34. The highest BCUT2D eigenvalue weighted by Crippen LogP contribution is 2.26. The van der Waals surface area contributed by atoms with Crippen LogP contribution < -0.4 is 9.44 Å². The van der Waals surface area contributed by atoms with Crippen molar-refractivity contribution < 1.29 is 8.42 Å². The Bertz CT molecular complexity index is 540. The van der Waals surface area contributed by atoms with Crippen LogP contribution in [0.5, 0.6) is 0 Å². The summed E-state index contributed by atoms with van der Waals surface area (Å²) < 4.78 is 28.9. The number of rotatable bonds is 7. The molecule has 1 aromatic rings. The van der Waals surface area contributed by atoms with Gasteiger partial charge in [0.15, 0.2) is 0 Å². The Kier molecular flexibility index (Phi) is 6.37. The minimum absolute atomic E-state index is 0.0853. The smallest absolute Gasteiger partial charge is 0.276 e. The molecule has 124 valence electrons. The fourth-order valence-electron chi connectivity index (χ4n) is 2.90. The second-order valence-electron chi connectivity index (χ2n) is 5.99. The average Bonchev–Trinajstić information content (AvgIpc) is 2.50. The first-order valence-electron chi connectivity index (χ1n) is 8.05. The predicted molar refractivity (Wildman–Crippen MR) is 89.8 cm³/mol. The number of nitrogens with zero attached hydrogens (tertiary/aromatic N) is 1. The van der Waals surface area contributed by atoms with E-state index >= 15 is 0 Å². The third kappa shape index (κ3) is 5.05. The summed E-state index contributed by atoms with van der Waals surface area (Å²) in [5.74, 6) is 0.756. The van der Waals surface area contributed by atoms with Crippen molar-refractivity contribution in [1.82, 2.24) is 14.3 Å². The zero-order valence-electron chi connectivity index (χ0n) is 13.5. The molecule has 1 aliphatic rings. The molecule has 1 aliphatic heterocycles. The summed E-state index contributed by atoms with van der Waals surface area (Å²) in [5, 5.41) is 0. The van der Waals surface area contributed by atoms with E-state index in [4.69, 9.17) is 0 Å². The molecule has 0 amide bonds. The highest BCUT2D eigenvalue weighted by Gasteiger charge is 2.25. The van der Waals surface area contributed by atoms with E-state index in [2.05, 4.69) is 33.4 Å². The van der Waals surface area contributed by atoms with E-state index in [1.54, 1.807) is 6.92 Å². The summed E-state index contributed by atoms with van der Waals surface area (Å²) in [6.45, 7) is 6.89. The van der Waals surface area contributed by atoms with Crippen LogP contribution in [0.2, 0.25) is 0 Å². The van der Waals surface area contributed by atoms with Crippen molar-refractivity contribution in [3.63, 3.8) is 0 Å². The van der Waals surface area contributed by atoms with Crippen LogP contribution >= 0.6 is 0 Å². The van der Waals surface area contributed by atoms with Gasteiger partial charge in [-0.15, -0.1) is 0 Å². The summed E-state index contributed by atoms with van der Waals surface area (Å²) >= 11 is 0. The molecule has 1 atom stereocenters.